The normalized spacial score (nSPS) is 29.3. The van der Waals surface area contributed by atoms with Crippen molar-refractivity contribution in [2.75, 3.05) is 0 Å². The van der Waals surface area contributed by atoms with Crippen LogP contribution in [0.25, 0.3) is 5.82 Å². The van der Waals surface area contributed by atoms with Crippen LogP contribution in [0.1, 0.15) is 67.1 Å². The van der Waals surface area contributed by atoms with Gasteiger partial charge in [-0.05, 0) is 80.8 Å². The SMILES string of the molecule is CC(NC(=O)c1cnn(-c2ccc(C(F)(F)F)cn2)c1C(F)(F)F)C12CC3CC(CC(C3)C1)C2. The second-order valence-electron chi connectivity index (χ2n) is 10.2. The van der Waals surface area contributed by atoms with Crippen molar-refractivity contribution in [3.63, 3.8) is 0 Å². The van der Waals surface area contributed by atoms with Crippen molar-refractivity contribution in [2.24, 2.45) is 23.2 Å². The molecule has 0 aliphatic heterocycles. The second-order valence-corrected chi connectivity index (χ2v) is 10.2. The monoisotopic (exact) mass is 486 g/mol. The Morgan fingerprint density at radius 1 is 1.00 bits per heavy atom. The molecule has 1 N–H and O–H groups in total. The molecule has 34 heavy (non-hydrogen) atoms. The number of halogens is 6. The Kier molecular flexibility index (Phi) is 5.25. The maximum Gasteiger partial charge on any atom is 0.434 e. The summed E-state index contributed by atoms with van der Waals surface area (Å²) in [5, 5.41) is 6.46. The first-order valence-electron chi connectivity index (χ1n) is 11.4. The van der Waals surface area contributed by atoms with E-state index in [0.717, 1.165) is 31.5 Å². The number of carbonyl (C=O) groups excluding carboxylic acids is 1. The number of carbonyl (C=O) groups is 1. The van der Waals surface area contributed by atoms with Crippen LogP contribution >= 0.6 is 0 Å². The molecule has 1 amide bonds. The van der Waals surface area contributed by atoms with Gasteiger partial charge in [-0.2, -0.15) is 31.4 Å². The fourth-order valence-electron chi connectivity index (χ4n) is 6.78. The minimum Gasteiger partial charge on any atom is -0.349 e. The van der Waals surface area contributed by atoms with Crippen molar-refractivity contribution < 1.29 is 31.1 Å². The Morgan fingerprint density at radius 3 is 2.06 bits per heavy atom. The van der Waals surface area contributed by atoms with Crippen LogP contribution in [0.4, 0.5) is 26.3 Å². The summed E-state index contributed by atoms with van der Waals surface area (Å²) in [7, 11) is 0. The van der Waals surface area contributed by atoms with Gasteiger partial charge in [0.15, 0.2) is 11.5 Å². The van der Waals surface area contributed by atoms with Crippen LogP contribution in [0, 0.1) is 23.2 Å². The summed E-state index contributed by atoms with van der Waals surface area (Å²) >= 11 is 0. The molecule has 0 aromatic carbocycles. The molecule has 2 heterocycles. The van der Waals surface area contributed by atoms with E-state index < -0.39 is 40.9 Å². The van der Waals surface area contributed by atoms with E-state index in [1.807, 2.05) is 6.92 Å². The number of nitrogens with one attached hydrogen (secondary N) is 1. The molecular formula is C23H24F6N4O. The van der Waals surface area contributed by atoms with Crippen LogP contribution in [-0.2, 0) is 12.4 Å². The van der Waals surface area contributed by atoms with Crippen molar-refractivity contribution in [3.05, 3.63) is 41.3 Å². The largest absolute Gasteiger partial charge is 0.434 e. The van der Waals surface area contributed by atoms with Crippen LogP contribution < -0.4 is 5.32 Å². The molecule has 0 spiro atoms. The van der Waals surface area contributed by atoms with Crippen molar-refractivity contribution in [2.45, 2.75) is 63.8 Å². The van der Waals surface area contributed by atoms with Crippen molar-refractivity contribution in [3.8, 4) is 5.82 Å². The average Bonchev–Trinajstić information content (AvgIpc) is 3.18. The Labute approximate surface area is 191 Å². The van der Waals surface area contributed by atoms with E-state index >= 15 is 0 Å². The molecule has 4 fully saturated rings. The zero-order valence-electron chi connectivity index (χ0n) is 18.4. The number of amides is 1. The van der Waals surface area contributed by atoms with Gasteiger partial charge in [-0.3, -0.25) is 4.79 Å². The molecule has 4 bridgehead atoms. The molecule has 5 nitrogen and oxygen atoms in total. The molecular weight excluding hydrogens is 462 g/mol. The average molecular weight is 486 g/mol. The van der Waals surface area contributed by atoms with Gasteiger partial charge >= 0.3 is 12.4 Å². The lowest BCUT2D eigenvalue weighted by atomic mass is 9.48. The van der Waals surface area contributed by atoms with Crippen molar-refractivity contribution in [1.29, 1.82) is 0 Å². The summed E-state index contributed by atoms with van der Waals surface area (Å²) in [5.41, 5.74) is -3.24. The number of alkyl halides is 6. The van der Waals surface area contributed by atoms with Gasteiger partial charge in [0.25, 0.3) is 5.91 Å². The fraction of sp³-hybridized carbons (Fsp3) is 0.609. The first kappa shape index (κ1) is 23.2. The summed E-state index contributed by atoms with van der Waals surface area (Å²) < 4.78 is 80.6. The molecule has 11 heteroatoms. The third-order valence-electron chi connectivity index (χ3n) is 7.93. The zero-order valence-corrected chi connectivity index (χ0v) is 18.4. The lowest BCUT2D eigenvalue weighted by Crippen LogP contribution is -2.55. The number of aromatic nitrogens is 3. The number of rotatable bonds is 4. The van der Waals surface area contributed by atoms with E-state index in [2.05, 4.69) is 15.4 Å². The third kappa shape index (κ3) is 3.96. The van der Waals surface area contributed by atoms with Gasteiger partial charge in [-0.25, -0.2) is 9.67 Å². The molecule has 4 aliphatic carbocycles. The van der Waals surface area contributed by atoms with Crippen LogP contribution in [0.3, 0.4) is 0 Å². The quantitative estimate of drug-likeness (QED) is 0.569. The summed E-state index contributed by atoms with van der Waals surface area (Å²) in [6, 6.07) is 1.12. The van der Waals surface area contributed by atoms with E-state index in [9.17, 15) is 31.1 Å². The maximum absolute atomic E-state index is 14.0. The topological polar surface area (TPSA) is 59.8 Å². The van der Waals surface area contributed by atoms with E-state index in [-0.39, 0.29) is 11.5 Å². The highest BCUT2D eigenvalue weighted by atomic mass is 19.4. The Morgan fingerprint density at radius 2 is 1.59 bits per heavy atom. The van der Waals surface area contributed by atoms with Gasteiger partial charge in [-0.1, -0.05) is 0 Å². The maximum atomic E-state index is 14.0. The van der Waals surface area contributed by atoms with E-state index in [1.165, 1.54) is 19.3 Å². The summed E-state index contributed by atoms with van der Waals surface area (Å²) in [6.45, 7) is 1.86. The highest BCUT2D eigenvalue weighted by Crippen LogP contribution is 2.61. The van der Waals surface area contributed by atoms with Gasteiger partial charge in [-0.15, -0.1) is 0 Å². The van der Waals surface area contributed by atoms with Gasteiger partial charge in [0, 0.05) is 12.2 Å². The summed E-state index contributed by atoms with van der Waals surface area (Å²) in [6.07, 6.45) is -1.90. The molecule has 6 rings (SSSR count). The molecule has 1 atom stereocenters. The first-order valence-corrected chi connectivity index (χ1v) is 11.4. The van der Waals surface area contributed by atoms with E-state index in [0.29, 0.717) is 34.7 Å². The smallest absolute Gasteiger partial charge is 0.349 e. The molecule has 4 saturated carbocycles. The standard InChI is InChI=1S/C23H24F6N4O/c1-12(21-7-13-4-14(8-21)6-15(5-13)9-21)32-20(34)17-11-31-33(19(17)23(27,28)29)18-3-2-16(10-30-18)22(24,25)26/h2-3,10-15H,4-9H2,1H3,(H,32,34). The minimum atomic E-state index is -4.97. The molecule has 2 aromatic rings. The van der Waals surface area contributed by atoms with Crippen LogP contribution in [-0.4, -0.2) is 26.7 Å². The highest BCUT2D eigenvalue weighted by molar-refractivity contribution is 5.95. The number of hydrogen-bond donors (Lipinski definition) is 1. The fourth-order valence-corrected chi connectivity index (χ4v) is 6.78. The van der Waals surface area contributed by atoms with E-state index in [1.54, 1.807) is 0 Å². The molecule has 2 aromatic heterocycles. The molecule has 1 unspecified atom stereocenters. The third-order valence-corrected chi connectivity index (χ3v) is 7.93. The Balaban J connectivity index is 1.42. The second kappa shape index (κ2) is 7.71. The van der Waals surface area contributed by atoms with Crippen molar-refractivity contribution in [1.82, 2.24) is 20.1 Å². The highest BCUT2D eigenvalue weighted by Gasteiger charge is 2.53. The predicted octanol–water partition coefficient (Wildman–Crippen LogP) is 5.64. The van der Waals surface area contributed by atoms with Crippen LogP contribution in [0.2, 0.25) is 0 Å². The van der Waals surface area contributed by atoms with Crippen molar-refractivity contribution >= 4 is 5.91 Å². The zero-order chi connectivity index (χ0) is 24.5. The van der Waals surface area contributed by atoms with Gasteiger partial charge < -0.3 is 5.32 Å². The first-order chi connectivity index (χ1) is 15.9. The van der Waals surface area contributed by atoms with Crippen LogP contribution in [0.5, 0.6) is 0 Å². The number of pyridine rings is 1. The molecule has 184 valence electrons. The van der Waals surface area contributed by atoms with Gasteiger partial charge in [0.05, 0.1) is 17.3 Å². The van der Waals surface area contributed by atoms with Gasteiger partial charge in [0.1, 0.15) is 0 Å². The molecule has 4 aliphatic rings. The van der Waals surface area contributed by atoms with Crippen LogP contribution in [0.15, 0.2) is 24.5 Å². The predicted molar refractivity (Wildman–Crippen MR) is 109 cm³/mol. The van der Waals surface area contributed by atoms with Gasteiger partial charge in [0.2, 0.25) is 0 Å². The Hall–Kier alpha value is -2.59. The molecule has 0 radical (unpaired) electrons. The van der Waals surface area contributed by atoms with E-state index in [4.69, 9.17) is 0 Å². The minimum absolute atomic E-state index is 0.103. The molecule has 0 saturated heterocycles. The summed E-state index contributed by atoms with van der Waals surface area (Å²) in [4.78, 5) is 16.5. The number of nitrogens with zero attached hydrogens (tertiary/aromatic N) is 3. The number of hydrogen-bond acceptors (Lipinski definition) is 3. The lowest BCUT2D eigenvalue weighted by Gasteiger charge is -2.59. The lowest BCUT2D eigenvalue weighted by molar-refractivity contribution is -0.143. The summed E-state index contributed by atoms with van der Waals surface area (Å²) in [5.74, 6) is 0.488. The Bertz CT molecular complexity index is 1050.